The summed E-state index contributed by atoms with van der Waals surface area (Å²) in [5, 5.41) is 0. The summed E-state index contributed by atoms with van der Waals surface area (Å²) in [6.45, 7) is 9.05. The Balaban J connectivity index is 1.72. The van der Waals surface area contributed by atoms with Crippen LogP contribution in [0.2, 0.25) is 0 Å². The standard InChI is InChI=1S/C20H26FN3O/c1-15-12-19(20(25)14-23-10-8-22(3)9-11-23)16(2)24(15)13-17-4-6-18(21)7-5-17/h4-7,12H,8-11,13-14H2,1-3H3. The first-order chi connectivity index (χ1) is 11.9. The number of ketones is 1. The Labute approximate surface area is 148 Å². The Morgan fingerprint density at radius 1 is 1.08 bits per heavy atom. The summed E-state index contributed by atoms with van der Waals surface area (Å²) in [6, 6.07) is 8.52. The summed E-state index contributed by atoms with van der Waals surface area (Å²) in [5.74, 6) is -0.0456. The molecule has 1 fully saturated rings. The van der Waals surface area contributed by atoms with Crippen LogP contribution in [0.4, 0.5) is 4.39 Å². The zero-order valence-electron chi connectivity index (χ0n) is 15.3. The van der Waals surface area contributed by atoms with E-state index in [1.165, 1.54) is 12.1 Å². The van der Waals surface area contributed by atoms with Gasteiger partial charge in [-0.3, -0.25) is 9.69 Å². The lowest BCUT2D eigenvalue weighted by Gasteiger charge is -2.31. The minimum Gasteiger partial charge on any atom is -0.344 e. The van der Waals surface area contributed by atoms with Gasteiger partial charge in [0, 0.05) is 49.7 Å². The molecule has 3 rings (SSSR count). The lowest BCUT2D eigenvalue weighted by molar-refractivity contribution is 0.0875. The van der Waals surface area contributed by atoms with Gasteiger partial charge in [0.25, 0.3) is 0 Å². The molecule has 2 heterocycles. The third kappa shape index (κ3) is 4.17. The summed E-state index contributed by atoms with van der Waals surface area (Å²) < 4.78 is 15.2. The van der Waals surface area contributed by atoms with Gasteiger partial charge >= 0.3 is 0 Å². The molecule has 134 valence electrons. The van der Waals surface area contributed by atoms with E-state index < -0.39 is 0 Å². The fourth-order valence-electron chi connectivity index (χ4n) is 3.39. The largest absolute Gasteiger partial charge is 0.344 e. The summed E-state index contributed by atoms with van der Waals surface area (Å²) in [6.07, 6.45) is 0. The van der Waals surface area contributed by atoms with Gasteiger partial charge < -0.3 is 9.47 Å². The van der Waals surface area contributed by atoms with Crippen LogP contribution in [0.5, 0.6) is 0 Å². The third-order valence-electron chi connectivity index (χ3n) is 5.09. The Morgan fingerprint density at radius 2 is 1.72 bits per heavy atom. The number of likely N-dealkylation sites (N-methyl/N-ethyl adjacent to an activating group) is 1. The maximum absolute atomic E-state index is 13.1. The molecule has 1 aliphatic rings. The SMILES string of the molecule is Cc1cc(C(=O)CN2CCN(C)CC2)c(C)n1Cc1ccc(F)cc1. The van der Waals surface area contributed by atoms with Crippen molar-refractivity contribution < 1.29 is 9.18 Å². The number of hydrogen-bond donors (Lipinski definition) is 0. The smallest absolute Gasteiger partial charge is 0.178 e. The predicted molar refractivity (Wildman–Crippen MR) is 97.7 cm³/mol. The van der Waals surface area contributed by atoms with Crippen LogP contribution in [0.25, 0.3) is 0 Å². The van der Waals surface area contributed by atoms with Crippen LogP contribution in [-0.4, -0.2) is 59.9 Å². The molecule has 4 nitrogen and oxygen atoms in total. The number of benzene rings is 1. The van der Waals surface area contributed by atoms with E-state index in [1.807, 2.05) is 19.9 Å². The van der Waals surface area contributed by atoms with E-state index in [9.17, 15) is 9.18 Å². The second kappa shape index (κ2) is 7.50. The van der Waals surface area contributed by atoms with Gasteiger partial charge in [-0.05, 0) is 44.7 Å². The van der Waals surface area contributed by atoms with Crippen LogP contribution >= 0.6 is 0 Å². The monoisotopic (exact) mass is 343 g/mol. The molecular weight excluding hydrogens is 317 g/mol. The molecule has 1 saturated heterocycles. The predicted octanol–water partition coefficient (Wildman–Crippen LogP) is 2.72. The van der Waals surface area contributed by atoms with Gasteiger partial charge in [-0.15, -0.1) is 0 Å². The van der Waals surface area contributed by atoms with E-state index in [2.05, 4.69) is 21.4 Å². The van der Waals surface area contributed by atoms with E-state index in [0.29, 0.717) is 13.1 Å². The summed E-state index contributed by atoms with van der Waals surface area (Å²) >= 11 is 0. The molecule has 25 heavy (non-hydrogen) atoms. The number of nitrogens with zero attached hydrogens (tertiary/aromatic N) is 3. The molecule has 0 spiro atoms. The van der Waals surface area contributed by atoms with Crippen molar-refractivity contribution in [1.82, 2.24) is 14.4 Å². The molecule has 0 unspecified atom stereocenters. The molecule has 0 N–H and O–H groups in total. The summed E-state index contributed by atoms with van der Waals surface area (Å²) in [5.41, 5.74) is 3.88. The lowest BCUT2D eigenvalue weighted by Crippen LogP contribution is -2.46. The van der Waals surface area contributed by atoms with E-state index in [4.69, 9.17) is 0 Å². The van der Waals surface area contributed by atoms with Crippen molar-refractivity contribution in [3.8, 4) is 0 Å². The molecule has 0 amide bonds. The van der Waals surface area contributed by atoms with Crippen LogP contribution < -0.4 is 0 Å². The number of Topliss-reactive ketones (excluding diaryl/α,β-unsaturated/α-hetero) is 1. The second-order valence-corrected chi connectivity index (χ2v) is 7.00. The van der Waals surface area contributed by atoms with Gasteiger partial charge in [-0.2, -0.15) is 0 Å². The van der Waals surface area contributed by atoms with Gasteiger partial charge in [0.05, 0.1) is 6.54 Å². The number of aryl methyl sites for hydroxylation is 1. The topological polar surface area (TPSA) is 28.5 Å². The number of carbonyl (C=O) groups excluding carboxylic acids is 1. The van der Waals surface area contributed by atoms with Crippen molar-refractivity contribution in [2.24, 2.45) is 0 Å². The van der Waals surface area contributed by atoms with Crippen LogP contribution in [0.3, 0.4) is 0 Å². The average molecular weight is 343 g/mol. The van der Waals surface area contributed by atoms with Crippen LogP contribution in [0.15, 0.2) is 30.3 Å². The Hall–Kier alpha value is -1.98. The molecule has 0 aliphatic carbocycles. The fraction of sp³-hybridized carbons (Fsp3) is 0.450. The van der Waals surface area contributed by atoms with E-state index in [-0.39, 0.29) is 11.6 Å². The minimum absolute atomic E-state index is 0.183. The maximum Gasteiger partial charge on any atom is 0.178 e. The Kier molecular flexibility index (Phi) is 5.35. The van der Waals surface area contributed by atoms with Crippen molar-refractivity contribution >= 4 is 5.78 Å². The van der Waals surface area contributed by atoms with Crippen molar-refractivity contribution in [1.29, 1.82) is 0 Å². The van der Waals surface area contributed by atoms with Crippen molar-refractivity contribution in [3.63, 3.8) is 0 Å². The first kappa shape index (κ1) is 17.8. The number of carbonyl (C=O) groups is 1. The number of aromatic nitrogens is 1. The number of piperazine rings is 1. The van der Waals surface area contributed by atoms with Gasteiger partial charge in [0.15, 0.2) is 5.78 Å². The van der Waals surface area contributed by atoms with Gasteiger partial charge in [-0.25, -0.2) is 4.39 Å². The average Bonchev–Trinajstić information content (AvgIpc) is 2.87. The number of hydrogen-bond acceptors (Lipinski definition) is 3. The Morgan fingerprint density at radius 3 is 2.36 bits per heavy atom. The van der Waals surface area contributed by atoms with E-state index in [1.54, 1.807) is 12.1 Å². The molecule has 1 aliphatic heterocycles. The fourth-order valence-corrected chi connectivity index (χ4v) is 3.39. The molecule has 1 aromatic carbocycles. The first-order valence-corrected chi connectivity index (χ1v) is 8.79. The van der Waals surface area contributed by atoms with Crippen molar-refractivity contribution in [2.45, 2.75) is 20.4 Å². The molecule has 0 bridgehead atoms. The molecule has 5 heteroatoms. The summed E-state index contributed by atoms with van der Waals surface area (Å²) in [4.78, 5) is 17.3. The highest BCUT2D eigenvalue weighted by Gasteiger charge is 2.21. The highest BCUT2D eigenvalue weighted by atomic mass is 19.1. The van der Waals surface area contributed by atoms with E-state index in [0.717, 1.165) is 48.7 Å². The quantitative estimate of drug-likeness (QED) is 0.782. The van der Waals surface area contributed by atoms with Crippen LogP contribution in [0, 0.1) is 19.7 Å². The zero-order chi connectivity index (χ0) is 18.0. The second-order valence-electron chi connectivity index (χ2n) is 7.00. The summed E-state index contributed by atoms with van der Waals surface area (Å²) in [7, 11) is 2.11. The highest BCUT2D eigenvalue weighted by Crippen LogP contribution is 2.18. The molecule has 0 atom stereocenters. The molecule has 1 aromatic heterocycles. The van der Waals surface area contributed by atoms with Gasteiger partial charge in [-0.1, -0.05) is 12.1 Å². The number of rotatable bonds is 5. The molecule has 2 aromatic rings. The molecule has 0 saturated carbocycles. The minimum atomic E-state index is -0.229. The highest BCUT2D eigenvalue weighted by molar-refractivity contribution is 5.99. The Bertz CT molecular complexity index is 743. The van der Waals surface area contributed by atoms with Crippen LogP contribution in [-0.2, 0) is 6.54 Å². The van der Waals surface area contributed by atoms with Gasteiger partial charge in [0.2, 0.25) is 0 Å². The van der Waals surface area contributed by atoms with E-state index >= 15 is 0 Å². The normalized spacial score (nSPS) is 16.3. The molecule has 0 radical (unpaired) electrons. The van der Waals surface area contributed by atoms with Crippen LogP contribution in [0.1, 0.15) is 27.3 Å². The zero-order valence-corrected chi connectivity index (χ0v) is 15.3. The number of halogens is 1. The lowest BCUT2D eigenvalue weighted by atomic mass is 10.1. The molecular formula is C20H26FN3O. The maximum atomic E-state index is 13.1. The van der Waals surface area contributed by atoms with Gasteiger partial charge in [0.1, 0.15) is 5.82 Å². The first-order valence-electron chi connectivity index (χ1n) is 8.79. The van der Waals surface area contributed by atoms with Crippen molar-refractivity contribution in [2.75, 3.05) is 39.8 Å². The van der Waals surface area contributed by atoms with Crippen molar-refractivity contribution in [3.05, 3.63) is 58.7 Å². The third-order valence-corrected chi connectivity index (χ3v) is 5.09.